The van der Waals surface area contributed by atoms with Crippen LogP contribution in [-0.4, -0.2) is 22.6 Å². The lowest BCUT2D eigenvalue weighted by Crippen LogP contribution is -2.13. The van der Waals surface area contributed by atoms with Gasteiger partial charge in [-0.3, -0.25) is 9.78 Å². The molecule has 5 nitrogen and oxygen atoms in total. The molecular weight excluding hydrogens is 418 g/mol. The summed E-state index contributed by atoms with van der Waals surface area (Å²) in [5, 5.41) is 3.24. The maximum atomic E-state index is 13.1. The first-order chi connectivity index (χ1) is 15.7. The van der Waals surface area contributed by atoms with Crippen LogP contribution in [0.5, 0.6) is 5.75 Å². The summed E-state index contributed by atoms with van der Waals surface area (Å²) in [5.41, 5.74) is 5.93. The zero-order chi connectivity index (χ0) is 21.9. The van der Waals surface area contributed by atoms with Crippen LogP contribution in [0, 0.1) is 0 Å². The fourth-order valence-electron chi connectivity index (χ4n) is 4.10. The predicted molar refractivity (Wildman–Crippen MR) is 128 cm³/mol. The van der Waals surface area contributed by atoms with Gasteiger partial charge in [0.05, 0.1) is 12.7 Å². The van der Waals surface area contributed by atoms with Crippen molar-refractivity contribution in [1.82, 2.24) is 9.55 Å². The van der Waals surface area contributed by atoms with E-state index in [2.05, 4.69) is 33.1 Å². The molecule has 1 atom stereocenters. The van der Waals surface area contributed by atoms with Crippen molar-refractivity contribution in [1.29, 1.82) is 0 Å². The second-order valence-electron chi connectivity index (χ2n) is 7.68. The Morgan fingerprint density at radius 1 is 1.16 bits per heavy atom. The number of nitrogens with zero attached hydrogens (tertiary/aromatic N) is 2. The average molecular weight is 442 g/mol. The van der Waals surface area contributed by atoms with Crippen molar-refractivity contribution < 1.29 is 9.53 Å². The van der Waals surface area contributed by atoms with Crippen LogP contribution in [0.25, 0.3) is 0 Å². The lowest BCUT2D eigenvalue weighted by Gasteiger charge is -2.12. The number of fused-ring (bicyclic) bond motifs is 1. The number of methoxy groups -OCH3 is 1. The standard InChI is InChI=1S/C26H23N3O2S/c1-31-24-10-3-2-7-19(24)14-18-6-4-9-21(15-18)28-25(30)22-11-13-29-23(22)17-32-26(29)20-8-5-12-27-16-20/h2-13,15-16,26H,14,17H2,1H3,(H,28,30). The van der Waals surface area contributed by atoms with Crippen LogP contribution in [0.2, 0.25) is 0 Å². The molecule has 0 fully saturated rings. The maximum absolute atomic E-state index is 13.1. The van der Waals surface area contributed by atoms with Crippen LogP contribution < -0.4 is 10.1 Å². The summed E-state index contributed by atoms with van der Waals surface area (Å²) < 4.78 is 7.64. The van der Waals surface area contributed by atoms with Gasteiger partial charge in [0.15, 0.2) is 0 Å². The Morgan fingerprint density at radius 3 is 2.91 bits per heavy atom. The Bertz CT molecular complexity index is 1250. The number of benzene rings is 2. The van der Waals surface area contributed by atoms with Crippen molar-refractivity contribution in [2.75, 3.05) is 12.4 Å². The lowest BCUT2D eigenvalue weighted by atomic mass is 10.0. The van der Waals surface area contributed by atoms with Crippen LogP contribution >= 0.6 is 11.8 Å². The van der Waals surface area contributed by atoms with Gasteiger partial charge in [-0.1, -0.05) is 36.4 Å². The van der Waals surface area contributed by atoms with E-state index in [-0.39, 0.29) is 11.3 Å². The quantitative estimate of drug-likeness (QED) is 0.428. The van der Waals surface area contributed by atoms with Gasteiger partial charge < -0.3 is 14.6 Å². The highest BCUT2D eigenvalue weighted by Crippen LogP contribution is 2.42. The van der Waals surface area contributed by atoms with Crippen molar-refractivity contribution in [3.05, 3.63) is 113 Å². The number of rotatable bonds is 6. The number of amides is 1. The molecule has 3 heterocycles. The molecule has 2 aromatic carbocycles. The molecule has 0 aliphatic carbocycles. The third-order valence-corrected chi connectivity index (χ3v) is 6.90. The molecule has 0 saturated heterocycles. The molecule has 1 unspecified atom stereocenters. The first-order valence-corrected chi connectivity index (χ1v) is 11.5. The van der Waals surface area contributed by atoms with E-state index in [9.17, 15) is 4.79 Å². The van der Waals surface area contributed by atoms with Gasteiger partial charge in [0.25, 0.3) is 5.91 Å². The summed E-state index contributed by atoms with van der Waals surface area (Å²) >= 11 is 1.81. The average Bonchev–Trinajstić information content (AvgIpc) is 3.43. The van der Waals surface area contributed by atoms with Gasteiger partial charge in [0.1, 0.15) is 11.1 Å². The Balaban J connectivity index is 1.33. The predicted octanol–water partition coefficient (Wildman–Crippen LogP) is 5.53. The van der Waals surface area contributed by atoms with E-state index in [1.165, 1.54) is 0 Å². The normalized spacial score (nSPS) is 14.7. The molecule has 6 heteroatoms. The number of nitrogens with one attached hydrogen (secondary N) is 1. The van der Waals surface area contributed by atoms with Crippen molar-refractivity contribution in [2.45, 2.75) is 17.5 Å². The second kappa shape index (κ2) is 8.93. The van der Waals surface area contributed by atoms with E-state index < -0.39 is 0 Å². The van der Waals surface area contributed by atoms with E-state index in [1.807, 2.05) is 72.7 Å². The Hall–Kier alpha value is -3.51. The molecular formula is C26H23N3O2S. The van der Waals surface area contributed by atoms with Gasteiger partial charge in [-0.25, -0.2) is 0 Å². The molecule has 1 amide bonds. The molecule has 4 aromatic rings. The fourth-order valence-corrected chi connectivity index (χ4v) is 5.41. The number of ether oxygens (including phenoxy) is 1. The largest absolute Gasteiger partial charge is 0.496 e. The third kappa shape index (κ3) is 4.01. The highest BCUT2D eigenvalue weighted by Gasteiger charge is 2.28. The highest BCUT2D eigenvalue weighted by atomic mass is 32.2. The van der Waals surface area contributed by atoms with E-state index in [0.29, 0.717) is 0 Å². The molecule has 1 aliphatic rings. The van der Waals surface area contributed by atoms with Gasteiger partial charge in [-0.05, 0) is 41.5 Å². The van der Waals surface area contributed by atoms with Crippen molar-refractivity contribution in [3.63, 3.8) is 0 Å². The zero-order valence-corrected chi connectivity index (χ0v) is 18.5. The maximum Gasteiger partial charge on any atom is 0.257 e. The van der Waals surface area contributed by atoms with Crippen molar-refractivity contribution >= 4 is 23.4 Å². The summed E-state index contributed by atoms with van der Waals surface area (Å²) in [6.07, 6.45) is 6.40. The van der Waals surface area contributed by atoms with Gasteiger partial charge in [-0.15, -0.1) is 11.8 Å². The van der Waals surface area contributed by atoms with E-state index in [4.69, 9.17) is 4.74 Å². The number of thioether (sulfide) groups is 1. The van der Waals surface area contributed by atoms with Crippen molar-refractivity contribution in [3.8, 4) is 5.75 Å². The van der Waals surface area contributed by atoms with E-state index in [0.717, 1.165) is 51.6 Å². The summed E-state index contributed by atoms with van der Waals surface area (Å²) in [6, 6.07) is 21.9. The third-order valence-electron chi connectivity index (χ3n) is 5.64. The number of hydrogen-bond donors (Lipinski definition) is 1. The minimum Gasteiger partial charge on any atom is -0.496 e. The highest BCUT2D eigenvalue weighted by molar-refractivity contribution is 7.99. The molecule has 0 spiro atoms. The molecule has 160 valence electrons. The first-order valence-electron chi connectivity index (χ1n) is 10.5. The fraction of sp³-hybridized carbons (Fsp3) is 0.154. The molecule has 5 rings (SSSR count). The minimum atomic E-state index is -0.0828. The topological polar surface area (TPSA) is 56.1 Å². The number of para-hydroxylation sites is 1. The first kappa shape index (κ1) is 20.4. The Kier molecular flexibility index (Phi) is 5.69. The SMILES string of the molecule is COc1ccccc1Cc1cccc(NC(=O)c2ccn3c2CSC3c2cccnc2)c1. The number of pyridine rings is 1. The Labute approximate surface area is 191 Å². The van der Waals surface area contributed by atoms with Gasteiger partial charge in [0, 0.05) is 47.7 Å². The van der Waals surface area contributed by atoms with Crippen LogP contribution in [0.4, 0.5) is 5.69 Å². The number of aromatic nitrogens is 2. The van der Waals surface area contributed by atoms with E-state index in [1.54, 1.807) is 13.3 Å². The van der Waals surface area contributed by atoms with Crippen LogP contribution in [0.3, 0.4) is 0 Å². The van der Waals surface area contributed by atoms with Crippen LogP contribution in [0.15, 0.2) is 85.3 Å². The minimum absolute atomic E-state index is 0.0828. The number of hydrogen-bond acceptors (Lipinski definition) is 4. The Morgan fingerprint density at radius 2 is 2.06 bits per heavy atom. The summed E-state index contributed by atoms with van der Waals surface area (Å²) in [7, 11) is 1.68. The van der Waals surface area contributed by atoms with Gasteiger partial charge >= 0.3 is 0 Å². The summed E-state index contributed by atoms with van der Waals surface area (Å²) in [6.45, 7) is 0. The van der Waals surface area contributed by atoms with Gasteiger partial charge in [-0.2, -0.15) is 0 Å². The lowest BCUT2D eigenvalue weighted by molar-refractivity contribution is 0.102. The molecule has 32 heavy (non-hydrogen) atoms. The van der Waals surface area contributed by atoms with E-state index >= 15 is 0 Å². The van der Waals surface area contributed by atoms with Crippen LogP contribution in [0.1, 0.15) is 38.1 Å². The molecule has 1 aliphatic heterocycles. The summed E-state index contributed by atoms with van der Waals surface area (Å²) in [4.78, 5) is 17.3. The molecule has 0 bridgehead atoms. The summed E-state index contributed by atoms with van der Waals surface area (Å²) in [5.74, 6) is 1.58. The molecule has 1 N–H and O–H groups in total. The molecule has 0 saturated carbocycles. The van der Waals surface area contributed by atoms with Crippen molar-refractivity contribution in [2.24, 2.45) is 0 Å². The van der Waals surface area contributed by atoms with Gasteiger partial charge in [0.2, 0.25) is 0 Å². The molecule has 2 aromatic heterocycles. The number of carbonyl (C=O) groups excluding carboxylic acids is 1. The smallest absolute Gasteiger partial charge is 0.257 e. The monoisotopic (exact) mass is 441 g/mol. The molecule has 0 radical (unpaired) electrons. The number of anilines is 1. The zero-order valence-electron chi connectivity index (χ0n) is 17.7. The number of carbonyl (C=O) groups is 1. The second-order valence-corrected chi connectivity index (χ2v) is 8.74. The van der Waals surface area contributed by atoms with Crippen LogP contribution in [-0.2, 0) is 12.2 Å².